The molecule has 0 atom stereocenters. The molecule has 0 aromatic heterocycles. The van der Waals surface area contributed by atoms with Gasteiger partial charge in [-0.2, -0.15) is 8.42 Å². The van der Waals surface area contributed by atoms with Crippen LogP contribution in [0.5, 0.6) is 5.75 Å². The molecule has 0 spiro atoms. The Morgan fingerprint density at radius 3 is 2.08 bits per heavy atom. The Morgan fingerprint density at radius 2 is 1.65 bits per heavy atom. The van der Waals surface area contributed by atoms with Gasteiger partial charge in [-0.3, -0.25) is 24.8 Å². The van der Waals surface area contributed by atoms with E-state index >= 15 is 0 Å². The summed E-state index contributed by atoms with van der Waals surface area (Å²) in [5, 5.41) is 25.1. The summed E-state index contributed by atoms with van der Waals surface area (Å²) in [6, 6.07) is 5.20. The van der Waals surface area contributed by atoms with Gasteiger partial charge in [0.2, 0.25) is 0 Å². The van der Waals surface area contributed by atoms with Gasteiger partial charge < -0.3 is 15.8 Å². The van der Waals surface area contributed by atoms with Crippen LogP contribution in [-0.4, -0.2) is 29.9 Å². The first-order valence-electron chi connectivity index (χ1n) is 6.69. The zero-order valence-electron chi connectivity index (χ0n) is 13.1. The van der Waals surface area contributed by atoms with E-state index < -0.39 is 41.9 Å². The van der Waals surface area contributed by atoms with E-state index in [-0.39, 0.29) is 11.4 Å². The maximum absolute atomic E-state index is 11.3. The number of methoxy groups -OCH3 is 1. The van der Waals surface area contributed by atoms with Crippen molar-refractivity contribution in [2.45, 2.75) is 4.90 Å². The summed E-state index contributed by atoms with van der Waals surface area (Å²) >= 11 is 0. The van der Waals surface area contributed by atoms with Crippen molar-refractivity contribution in [3.63, 3.8) is 0 Å². The van der Waals surface area contributed by atoms with Crippen molar-refractivity contribution in [1.82, 2.24) is 0 Å². The summed E-state index contributed by atoms with van der Waals surface area (Å²) in [5.41, 5.74) is 3.60. The monoisotopic (exact) mass is 384 g/mol. The van der Waals surface area contributed by atoms with E-state index in [1.165, 1.54) is 25.3 Å². The lowest BCUT2D eigenvalue weighted by atomic mass is 10.2. The highest BCUT2D eigenvalue weighted by atomic mass is 32.2. The molecule has 0 fully saturated rings. The van der Waals surface area contributed by atoms with E-state index in [9.17, 15) is 28.6 Å². The van der Waals surface area contributed by atoms with Gasteiger partial charge in [0.15, 0.2) is 5.69 Å². The molecule has 0 amide bonds. The molecule has 2 aromatic rings. The molecule has 138 valence electrons. The minimum atomic E-state index is -4.90. The molecule has 0 unspecified atom stereocenters. The Labute approximate surface area is 146 Å². The van der Waals surface area contributed by atoms with Crippen molar-refractivity contribution < 1.29 is 27.6 Å². The molecule has 0 heterocycles. The van der Waals surface area contributed by atoms with Crippen LogP contribution in [0.4, 0.5) is 28.4 Å². The highest BCUT2D eigenvalue weighted by Gasteiger charge is 2.30. The smallest absolute Gasteiger partial charge is 0.301 e. The Hall–Kier alpha value is -3.45. The molecule has 0 saturated carbocycles. The van der Waals surface area contributed by atoms with Gasteiger partial charge in [-0.1, -0.05) is 0 Å². The molecule has 0 bridgehead atoms. The van der Waals surface area contributed by atoms with Crippen LogP contribution in [0.25, 0.3) is 0 Å². The van der Waals surface area contributed by atoms with E-state index in [2.05, 4.69) is 5.32 Å². The summed E-state index contributed by atoms with van der Waals surface area (Å²) in [6.45, 7) is 0. The van der Waals surface area contributed by atoms with Crippen molar-refractivity contribution in [1.29, 1.82) is 0 Å². The van der Waals surface area contributed by atoms with Crippen LogP contribution in [0.15, 0.2) is 35.2 Å². The third-order valence-corrected chi connectivity index (χ3v) is 4.08. The van der Waals surface area contributed by atoms with Crippen LogP contribution in [0.1, 0.15) is 0 Å². The second kappa shape index (κ2) is 6.81. The SMILES string of the molecule is COc1cc(N)ccc1Nc1c([N+](=O)[O-])cc(S(=O)(=O)O)cc1[N+](=O)[O-]. The molecule has 0 radical (unpaired) electrons. The average Bonchev–Trinajstić information content (AvgIpc) is 2.54. The first-order chi connectivity index (χ1) is 12.0. The van der Waals surface area contributed by atoms with E-state index in [1.807, 2.05) is 0 Å². The van der Waals surface area contributed by atoms with Gasteiger partial charge in [0.25, 0.3) is 10.1 Å². The second-order valence-electron chi connectivity index (χ2n) is 4.91. The molecule has 13 heteroatoms. The van der Waals surface area contributed by atoms with Crippen LogP contribution in [0.3, 0.4) is 0 Å². The highest BCUT2D eigenvalue weighted by molar-refractivity contribution is 7.85. The summed E-state index contributed by atoms with van der Waals surface area (Å²) in [4.78, 5) is 19.6. The number of nitro groups is 2. The Kier molecular flexibility index (Phi) is 4.95. The van der Waals surface area contributed by atoms with Gasteiger partial charge in [-0.15, -0.1) is 0 Å². The molecular formula is C13H12N4O8S. The van der Waals surface area contributed by atoms with E-state index in [0.29, 0.717) is 17.8 Å². The fourth-order valence-corrected chi connectivity index (χ4v) is 2.62. The predicted octanol–water partition coefficient (Wildman–Crippen LogP) is 2.08. The fourth-order valence-electron chi connectivity index (χ4n) is 2.10. The highest BCUT2D eigenvalue weighted by Crippen LogP contribution is 2.41. The van der Waals surface area contributed by atoms with Crippen LogP contribution >= 0.6 is 0 Å². The number of benzene rings is 2. The van der Waals surface area contributed by atoms with Crippen molar-refractivity contribution in [3.8, 4) is 5.75 Å². The number of nitro benzene ring substituents is 2. The number of nitrogens with two attached hydrogens (primary N) is 1. The third-order valence-electron chi connectivity index (χ3n) is 3.25. The standard InChI is InChI=1S/C13H12N4O8S/c1-25-12-4-7(14)2-3-9(12)15-13-10(16(18)19)5-8(26(22,23)24)6-11(13)17(20)21/h2-6,15H,14H2,1H3,(H,22,23,24). The van der Waals surface area contributed by atoms with Crippen molar-refractivity contribution in [3.05, 3.63) is 50.6 Å². The lowest BCUT2D eigenvalue weighted by Gasteiger charge is -2.12. The van der Waals surface area contributed by atoms with Gasteiger partial charge in [-0.25, -0.2) is 0 Å². The van der Waals surface area contributed by atoms with Crippen molar-refractivity contribution >= 4 is 38.6 Å². The average molecular weight is 384 g/mol. The van der Waals surface area contributed by atoms with Gasteiger partial charge in [0.05, 0.1) is 22.6 Å². The van der Waals surface area contributed by atoms with E-state index in [1.54, 1.807) is 0 Å². The zero-order chi connectivity index (χ0) is 19.6. The lowest BCUT2D eigenvalue weighted by molar-refractivity contribution is -0.392. The maximum Gasteiger partial charge on any atom is 0.301 e. The minimum absolute atomic E-state index is 0.118. The van der Waals surface area contributed by atoms with Crippen molar-refractivity contribution in [2.75, 3.05) is 18.2 Å². The molecule has 2 aromatic carbocycles. The first kappa shape index (κ1) is 18.9. The lowest BCUT2D eigenvalue weighted by Crippen LogP contribution is -2.06. The van der Waals surface area contributed by atoms with Gasteiger partial charge >= 0.3 is 11.4 Å². The number of nitrogens with one attached hydrogen (secondary N) is 1. The second-order valence-corrected chi connectivity index (χ2v) is 6.33. The van der Waals surface area contributed by atoms with E-state index in [4.69, 9.17) is 15.0 Å². The Morgan fingerprint density at radius 1 is 1.12 bits per heavy atom. The number of ether oxygens (including phenoxy) is 1. The molecule has 0 saturated heterocycles. The Balaban J connectivity index is 2.75. The predicted molar refractivity (Wildman–Crippen MR) is 90.3 cm³/mol. The van der Waals surface area contributed by atoms with Crippen molar-refractivity contribution in [2.24, 2.45) is 0 Å². The van der Waals surface area contributed by atoms with Crippen LogP contribution in [0, 0.1) is 20.2 Å². The minimum Gasteiger partial charge on any atom is -0.494 e. The number of nitrogen functional groups attached to an aromatic ring is 1. The molecule has 0 aliphatic heterocycles. The van der Waals surface area contributed by atoms with E-state index in [0.717, 1.165) is 0 Å². The van der Waals surface area contributed by atoms with Gasteiger partial charge in [0, 0.05) is 23.9 Å². The topological polar surface area (TPSA) is 188 Å². The fraction of sp³-hybridized carbons (Fsp3) is 0.0769. The number of rotatable bonds is 6. The zero-order valence-corrected chi connectivity index (χ0v) is 13.9. The molecule has 12 nitrogen and oxygen atoms in total. The summed E-state index contributed by atoms with van der Waals surface area (Å²) in [7, 11) is -3.60. The molecule has 26 heavy (non-hydrogen) atoms. The molecular weight excluding hydrogens is 372 g/mol. The molecule has 2 rings (SSSR count). The van der Waals surface area contributed by atoms with Crippen LogP contribution in [-0.2, 0) is 10.1 Å². The molecule has 4 N–H and O–H groups in total. The largest absolute Gasteiger partial charge is 0.494 e. The van der Waals surface area contributed by atoms with Gasteiger partial charge in [0.1, 0.15) is 10.6 Å². The van der Waals surface area contributed by atoms with Crippen LogP contribution in [0.2, 0.25) is 0 Å². The molecule has 0 aliphatic carbocycles. The maximum atomic E-state index is 11.3. The first-order valence-corrected chi connectivity index (χ1v) is 8.13. The van der Waals surface area contributed by atoms with Crippen LogP contribution < -0.4 is 15.8 Å². The van der Waals surface area contributed by atoms with Gasteiger partial charge in [-0.05, 0) is 12.1 Å². The molecule has 0 aliphatic rings. The number of nitrogens with zero attached hydrogens (tertiary/aromatic N) is 2. The third kappa shape index (κ3) is 3.79. The normalized spacial score (nSPS) is 11.0. The summed E-state index contributed by atoms with van der Waals surface area (Å²) < 4.78 is 36.6. The quantitative estimate of drug-likeness (QED) is 0.288. The number of hydrogen-bond donors (Lipinski definition) is 3. The summed E-state index contributed by atoms with van der Waals surface area (Å²) in [6.07, 6.45) is 0. The summed E-state index contributed by atoms with van der Waals surface area (Å²) in [5.74, 6) is 0.146. The Bertz CT molecular complexity index is 970. The number of anilines is 3. The number of hydrogen-bond acceptors (Lipinski definition) is 9.